The van der Waals surface area contributed by atoms with Crippen LogP contribution in [0.4, 0.5) is 17.1 Å². The first kappa shape index (κ1) is 24.1. The molecular weight excluding hydrogens is 516 g/mol. The Morgan fingerprint density at radius 3 is 1.90 bits per heavy atom. The summed E-state index contributed by atoms with van der Waals surface area (Å²) in [6.07, 6.45) is 0. The van der Waals surface area contributed by atoms with Gasteiger partial charge in [-0.2, -0.15) is 0 Å². The highest BCUT2D eigenvalue weighted by Gasteiger charge is 2.37. The third kappa shape index (κ3) is 3.73. The summed E-state index contributed by atoms with van der Waals surface area (Å²) in [6, 6.07) is 47.9. The molecule has 0 bridgehead atoms. The topological polar surface area (TPSA) is 16.1 Å². The highest BCUT2D eigenvalue weighted by Crippen LogP contribution is 2.53. The highest BCUT2D eigenvalue weighted by molar-refractivity contribution is 7.22. The normalized spacial score (nSPS) is 13.3. The molecule has 7 aromatic rings. The van der Waals surface area contributed by atoms with E-state index < -0.39 is 0 Å². The van der Waals surface area contributed by atoms with Crippen LogP contribution in [0.2, 0.25) is 0 Å². The predicted octanol–water partition coefficient (Wildman–Crippen LogP) is 10.9. The van der Waals surface area contributed by atoms with Crippen molar-refractivity contribution in [2.75, 3.05) is 4.90 Å². The number of benzene rings is 6. The maximum Gasteiger partial charge on any atom is 0.124 e. The molecule has 1 aliphatic rings. The Bertz CT molecular complexity index is 2020. The third-order valence-corrected chi connectivity index (χ3v) is 9.60. The van der Waals surface area contributed by atoms with Crippen molar-refractivity contribution in [3.8, 4) is 21.7 Å². The first-order valence-electron chi connectivity index (χ1n) is 14.1. The van der Waals surface area contributed by atoms with Crippen LogP contribution in [0, 0.1) is 0 Å². The molecule has 0 fully saturated rings. The van der Waals surface area contributed by atoms with E-state index in [0.29, 0.717) is 0 Å². The van der Waals surface area contributed by atoms with E-state index in [1.165, 1.54) is 43.3 Å². The zero-order chi connectivity index (χ0) is 27.6. The molecule has 0 aliphatic heterocycles. The Morgan fingerprint density at radius 1 is 0.585 bits per heavy atom. The molecule has 0 radical (unpaired) electrons. The Morgan fingerprint density at radius 2 is 1.22 bits per heavy atom. The molecule has 0 saturated carbocycles. The van der Waals surface area contributed by atoms with Gasteiger partial charge in [-0.15, -0.1) is 11.3 Å². The van der Waals surface area contributed by atoms with Gasteiger partial charge in [0.05, 0.1) is 10.2 Å². The molecule has 1 heterocycles. The molecule has 1 aromatic heterocycles. The molecule has 1 aliphatic carbocycles. The van der Waals surface area contributed by atoms with Crippen molar-refractivity contribution in [3.63, 3.8) is 0 Å². The SMILES string of the molecule is CC1(C)c2ccc(N(c3ccccc3)c3ccccc3)cc2-c2ccc3c(ccc4nc(-c5ccccc5)sc43)c21. The smallest absolute Gasteiger partial charge is 0.124 e. The van der Waals surface area contributed by atoms with Crippen LogP contribution in [-0.4, -0.2) is 4.98 Å². The number of aromatic nitrogens is 1. The van der Waals surface area contributed by atoms with Crippen molar-refractivity contribution in [1.82, 2.24) is 4.98 Å². The zero-order valence-electron chi connectivity index (χ0n) is 23.0. The van der Waals surface area contributed by atoms with Crippen LogP contribution in [0.15, 0.2) is 133 Å². The van der Waals surface area contributed by atoms with Crippen LogP contribution in [0.1, 0.15) is 25.0 Å². The molecule has 0 saturated heterocycles. The summed E-state index contributed by atoms with van der Waals surface area (Å²) >= 11 is 1.79. The van der Waals surface area contributed by atoms with Gasteiger partial charge in [-0.1, -0.05) is 105 Å². The Labute approximate surface area is 244 Å². The van der Waals surface area contributed by atoms with E-state index in [4.69, 9.17) is 4.98 Å². The maximum absolute atomic E-state index is 5.00. The van der Waals surface area contributed by atoms with Crippen molar-refractivity contribution in [2.24, 2.45) is 0 Å². The zero-order valence-corrected chi connectivity index (χ0v) is 23.8. The molecule has 41 heavy (non-hydrogen) atoms. The van der Waals surface area contributed by atoms with Gasteiger partial charge >= 0.3 is 0 Å². The fourth-order valence-electron chi connectivity index (χ4n) is 6.57. The molecule has 8 rings (SSSR count). The van der Waals surface area contributed by atoms with Gasteiger partial charge in [-0.3, -0.25) is 0 Å². The van der Waals surface area contributed by atoms with E-state index in [1.54, 1.807) is 11.3 Å². The summed E-state index contributed by atoms with van der Waals surface area (Å²) in [4.78, 5) is 7.35. The number of rotatable bonds is 4. The van der Waals surface area contributed by atoms with Gasteiger partial charge in [0.15, 0.2) is 0 Å². The van der Waals surface area contributed by atoms with E-state index in [2.05, 4.69) is 152 Å². The van der Waals surface area contributed by atoms with Crippen molar-refractivity contribution in [3.05, 3.63) is 145 Å². The Balaban J connectivity index is 1.31. The predicted molar refractivity (Wildman–Crippen MR) is 175 cm³/mol. The molecule has 0 spiro atoms. The average Bonchev–Trinajstić information content (AvgIpc) is 3.56. The molecule has 0 N–H and O–H groups in total. The van der Waals surface area contributed by atoms with E-state index in [0.717, 1.165) is 27.6 Å². The average molecular weight is 545 g/mol. The summed E-state index contributed by atoms with van der Waals surface area (Å²) in [5.41, 5.74) is 11.0. The second kappa shape index (κ2) is 9.15. The second-order valence-electron chi connectivity index (χ2n) is 11.2. The standard InChI is InChI=1S/C38H28N2S/c1-38(2)33-22-18-28(40(26-14-8-4-9-15-26)27-16-10-5-11-17-27)24-32(33)30-19-20-31-29(35(30)38)21-23-34-36(31)41-37(39-34)25-12-6-3-7-13-25/h3-24H,1-2H3. The van der Waals surface area contributed by atoms with Crippen LogP contribution in [0.5, 0.6) is 0 Å². The Hall–Kier alpha value is -4.73. The molecule has 0 atom stereocenters. The van der Waals surface area contributed by atoms with Gasteiger partial charge in [0.25, 0.3) is 0 Å². The van der Waals surface area contributed by atoms with Gasteiger partial charge in [-0.25, -0.2) is 4.98 Å². The van der Waals surface area contributed by atoms with Gasteiger partial charge in [-0.05, 0) is 70.1 Å². The number of fused-ring (bicyclic) bond motifs is 7. The van der Waals surface area contributed by atoms with Crippen molar-refractivity contribution < 1.29 is 0 Å². The largest absolute Gasteiger partial charge is 0.310 e. The minimum Gasteiger partial charge on any atom is -0.310 e. The van der Waals surface area contributed by atoms with Gasteiger partial charge in [0.1, 0.15) is 5.01 Å². The number of hydrogen-bond donors (Lipinski definition) is 0. The minimum atomic E-state index is -0.117. The third-order valence-electron chi connectivity index (χ3n) is 8.45. The molecule has 6 aromatic carbocycles. The molecule has 3 heteroatoms. The van der Waals surface area contributed by atoms with E-state index in [1.807, 2.05) is 0 Å². The fourth-order valence-corrected chi connectivity index (χ4v) is 7.67. The van der Waals surface area contributed by atoms with Crippen LogP contribution in [-0.2, 0) is 5.41 Å². The van der Waals surface area contributed by atoms with Gasteiger partial charge in [0, 0.05) is 33.4 Å². The minimum absolute atomic E-state index is 0.117. The molecule has 2 nitrogen and oxygen atoms in total. The quantitative estimate of drug-likeness (QED) is 0.219. The first-order valence-corrected chi connectivity index (χ1v) is 14.9. The van der Waals surface area contributed by atoms with Gasteiger partial charge < -0.3 is 4.90 Å². The first-order chi connectivity index (χ1) is 20.1. The summed E-state index contributed by atoms with van der Waals surface area (Å²) in [5.74, 6) is 0. The van der Waals surface area contributed by atoms with E-state index in [-0.39, 0.29) is 5.41 Å². The lowest BCUT2D eigenvalue weighted by Crippen LogP contribution is -2.16. The van der Waals surface area contributed by atoms with Crippen LogP contribution < -0.4 is 4.90 Å². The number of para-hydroxylation sites is 2. The molecule has 0 amide bonds. The number of hydrogen-bond acceptors (Lipinski definition) is 3. The Kier molecular flexibility index (Phi) is 5.38. The van der Waals surface area contributed by atoms with Gasteiger partial charge in [0.2, 0.25) is 0 Å². The lowest BCUT2D eigenvalue weighted by Gasteiger charge is -2.27. The van der Waals surface area contributed by atoms with Crippen molar-refractivity contribution in [2.45, 2.75) is 19.3 Å². The lowest BCUT2D eigenvalue weighted by molar-refractivity contribution is 0.666. The molecule has 196 valence electrons. The summed E-state index contributed by atoms with van der Waals surface area (Å²) in [5, 5.41) is 3.68. The molecule has 0 unspecified atom stereocenters. The highest BCUT2D eigenvalue weighted by atomic mass is 32.1. The number of anilines is 3. The van der Waals surface area contributed by atoms with Crippen molar-refractivity contribution >= 4 is 49.4 Å². The monoisotopic (exact) mass is 544 g/mol. The van der Waals surface area contributed by atoms with Crippen LogP contribution in [0.3, 0.4) is 0 Å². The van der Waals surface area contributed by atoms with E-state index >= 15 is 0 Å². The van der Waals surface area contributed by atoms with E-state index in [9.17, 15) is 0 Å². The fraction of sp³-hybridized carbons (Fsp3) is 0.0789. The van der Waals surface area contributed by atoms with Crippen molar-refractivity contribution in [1.29, 1.82) is 0 Å². The van der Waals surface area contributed by atoms with Crippen LogP contribution >= 0.6 is 11.3 Å². The number of thiazole rings is 1. The van der Waals surface area contributed by atoms with Crippen LogP contribution in [0.25, 0.3) is 42.7 Å². The molecular formula is C38H28N2S. The lowest BCUT2D eigenvalue weighted by atomic mass is 9.80. The number of nitrogens with zero attached hydrogens (tertiary/aromatic N) is 2. The summed E-state index contributed by atoms with van der Waals surface area (Å²) in [7, 11) is 0. The maximum atomic E-state index is 5.00. The second-order valence-corrected chi connectivity index (χ2v) is 12.2. The summed E-state index contributed by atoms with van der Waals surface area (Å²) in [6.45, 7) is 4.74. The summed E-state index contributed by atoms with van der Waals surface area (Å²) < 4.78 is 1.26.